The lowest BCUT2D eigenvalue weighted by molar-refractivity contribution is -0.145. The van der Waals surface area contributed by atoms with Gasteiger partial charge in [0.15, 0.2) is 14.6 Å². The second-order valence-corrected chi connectivity index (χ2v) is 12.1. The van der Waals surface area contributed by atoms with Gasteiger partial charge in [-0.25, -0.2) is 8.42 Å². The highest BCUT2D eigenvalue weighted by atomic mass is 32.2. The predicted octanol–water partition coefficient (Wildman–Crippen LogP) is 5.19. The zero-order valence-electron chi connectivity index (χ0n) is 21.5. The number of benzene rings is 1. The normalized spacial score (nSPS) is 16.7. The molecule has 2 rings (SSSR count). The van der Waals surface area contributed by atoms with Crippen LogP contribution in [0.5, 0.6) is 5.75 Å². The van der Waals surface area contributed by atoms with Crippen LogP contribution >= 0.6 is 0 Å². The average molecular weight is 496 g/mol. The highest BCUT2D eigenvalue weighted by molar-refractivity contribution is 7.93. The van der Waals surface area contributed by atoms with Gasteiger partial charge in [0.25, 0.3) is 0 Å². The zero-order chi connectivity index (χ0) is 24.9. The average Bonchev–Trinajstić information content (AvgIpc) is 2.83. The van der Waals surface area contributed by atoms with Gasteiger partial charge in [0.05, 0.1) is 12.4 Å². The van der Waals surface area contributed by atoms with Gasteiger partial charge >= 0.3 is 5.97 Å². The molecule has 0 radical (unpaired) electrons. The molecule has 1 heterocycles. The Morgan fingerprint density at radius 1 is 0.971 bits per heavy atom. The summed E-state index contributed by atoms with van der Waals surface area (Å²) in [6.07, 6.45) is 9.84. The van der Waals surface area contributed by atoms with Crippen LogP contribution in [0, 0.1) is 0 Å². The third-order valence-corrected chi connectivity index (χ3v) is 9.26. The van der Waals surface area contributed by atoms with E-state index >= 15 is 0 Å². The van der Waals surface area contributed by atoms with Crippen molar-refractivity contribution in [3.8, 4) is 5.75 Å². The highest BCUT2D eigenvalue weighted by Gasteiger charge is 2.47. The minimum absolute atomic E-state index is 0.00609. The maximum atomic E-state index is 13.3. The lowest BCUT2D eigenvalue weighted by Crippen LogP contribution is -2.48. The summed E-state index contributed by atoms with van der Waals surface area (Å²) in [5, 5.41) is 0. The molecule has 34 heavy (non-hydrogen) atoms. The summed E-state index contributed by atoms with van der Waals surface area (Å²) >= 11 is 0. The van der Waals surface area contributed by atoms with Crippen molar-refractivity contribution in [1.82, 2.24) is 4.90 Å². The number of hydrogen-bond donors (Lipinski definition) is 0. The molecule has 6 nitrogen and oxygen atoms in total. The number of esters is 1. The Hall–Kier alpha value is -1.60. The van der Waals surface area contributed by atoms with E-state index in [2.05, 4.69) is 11.8 Å². The number of sulfone groups is 1. The Morgan fingerprint density at radius 2 is 1.62 bits per heavy atom. The van der Waals surface area contributed by atoms with E-state index < -0.39 is 20.6 Å². The van der Waals surface area contributed by atoms with E-state index in [9.17, 15) is 13.2 Å². The van der Waals surface area contributed by atoms with Crippen molar-refractivity contribution in [2.45, 2.75) is 89.7 Å². The monoisotopic (exact) mass is 495 g/mol. The van der Waals surface area contributed by atoms with Crippen molar-refractivity contribution in [1.29, 1.82) is 0 Å². The van der Waals surface area contributed by atoms with E-state index in [1.807, 2.05) is 24.3 Å². The Balaban J connectivity index is 1.97. The summed E-state index contributed by atoms with van der Waals surface area (Å²) in [6.45, 7) is 9.36. The van der Waals surface area contributed by atoms with Crippen LogP contribution in [-0.2, 0) is 25.8 Å². The summed E-state index contributed by atoms with van der Waals surface area (Å²) in [5.74, 6) is 0.1000. The number of likely N-dealkylation sites (tertiary alicyclic amines) is 1. The molecule has 0 N–H and O–H groups in total. The fraction of sp³-hybridized carbons (Fsp3) is 0.741. The van der Waals surface area contributed by atoms with Crippen LogP contribution < -0.4 is 4.74 Å². The van der Waals surface area contributed by atoms with Crippen LogP contribution in [0.2, 0.25) is 0 Å². The summed E-state index contributed by atoms with van der Waals surface area (Å²) in [6, 6.07) is 7.43. The van der Waals surface area contributed by atoms with E-state index in [-0.39, 0.29) is 18.8 Å². The van der Waals surface area contributed by atoms with E-state index in [1.165, 1.54) is 32.6 Å². The molecule has 1 aromatic rings. The first-order valence-electron chi connectivity index (χ1n) is 13.2. The van der Waals surface area contributed by atoms with Crippen molar-refractivity contribution in [3.05, 3.63) is 29.8 Å². The van der Waals surface area contributed by atoms with Crippen molar-refractivity contribution in [2.75, 3.05) is 38.6 Å². The SMILES string of the molecule is CCCCCCCCS(=O)(=O)C(C)(Cc1ccc(OCCN2CCCCC2)cc1)C(=O)OCC. The number of rotatable bonds is 16. The number of piperidine rings is 1. The summed E-state index contributed by atoms with van der Waals surface area (Å²) in [7, 11) is -3.68. The second-order valence-electron chi connectivity index (χ2n) is 9.61. The highest BCUT2D eigenvalue weighted by Crippen LogP contribution is 2.28. The number of carbonyl (C=O) groups excluding carboxylic acids is 1. The number of carbonyl (C=O) groups is 1. The fourth-order valence-electron chi connectivity index (χ4n) is 4.46. The maximum Gasteiger partial charge on any atom is 0.327 e. The molecule has 0 bridgehead atoms. The molecule has 1 aromatic carbocycles. The summed E-state index contributed by atoms with van der Waals surface area (Å²) in [4.78, 5) is 15.2. The summed E-state index contributed by atoms with van der Waals surface area (Å²) in [5.41, 5.74) is 0.783. The Morgan fingerprint density at radius 3 is 2.26 bits per heavy atom. The number of unbranched alkanes of at least 4 members (excludes halogenated alkanes) is 5. The minimum atomic E-state index is -3.68. The smallest absolute Gasteiger partial charge is 0.327 e. The number of nitrogens with zero attached hydrogens (tertiary/aromatic N) is 1. The van der Waals surface area contributed by atoms with Crippen molar-refractivity contribution < 1.29 is 22.7 Å². The fourth-order valence-corrected chi connectivity index (χ4v) is 6.19. The molecule has 7 heteroatoms. The lowest BCUT2D eigenvalue weighted by Gasteiger charge is -2.27. The van der Waals surface area contributed by atoms with Gasteiger partial charge in [-0.2, -0.15) is 0 Å². The van der Waals surface area contributed by atoms with E-state index in [4.69, 9.17) is 9.47 Å². The molecule has 0 spiro atoms. The molecule has 1 saturated heterocycles. The van der Waals surface area contributed by atoms with E-state index in [1.54, 1.807) is 6.92 Å². The topological polar surface area (TPSA) is 72.9 Å². The zero-order valence-corrected chi connectivity index (χ0v) is 22.3. The Bertz CT molecular complexity index is 818. The van der Waals surface area contributed by atoms with Crippen molar-refractivity contribution in [2.24, 2.45) is 0 Å². The first-order chi connectivity index (χ1) is 16.3. The third kappa shape index (κ3) is 8.88. The standard InChI is InChI=1S/C27H45NO5S/c1-4-6-7-8-9-13-22-34(30,31)27(3,26(29)32-5-2)23-24-14-16-25(17-15-24)33-21-20-28-18-11-10-12-19-28/h14-17H,4-13,18-23H2,1-3H3. The molecular formula is C27H45NO5S. The van der Waals surface area contributed by atoms with Gasteiger partial charge in [-0.15, -0.1) is 0 Å². The van der Waals surface area contributed by atoms with Crippen molar-refractivity contribution >= 4 is 15.8 Å². The van der Waals surface area contributed by atoms with Gasteiger partial charge in [0.2, 0.25) is 0 Å². The van der Waals surface area contributed by atoms with Crippen LogP contribution in [0.1, 0.15) is 84.1 Å². The first kappa shape index (κ1) is 28.6. The molecule has 1 fully saturated rings. The van der Waals surface area contributed by atoms with Crippen LogP contribution in [0.3, 0.4) is 0 Å². The third-order valence-electron chi connectivity index (χ3n) is 6.75. The van der Waals surface area contributed by atoms with Crippen LogP contribution in [0.15, 0.2) is 24.3 Å². The van der Waals surface area contributed by atoms with E-state index in [0.29, 0.717) is 13.0 Å². The minimum Gasteiger partial charge on any atom is -0.492 e. The lowest BCUT2D eigenvalue weighted by atomic mass is 10.00. The van der Waals surface area contributed by atoms with Gasteiger partial charge in [-0.05, 0) is 63.9 Å². The Kier molecular flexibility index (Phi) is 12.4. The van der Waals surface area contributed by atoms with E-state index in [0.717, 1.165) is 56.6 Å². The van der Waals surface area contributed by atoms with Crippen LogP contribution in [0.4, 0.5) is 0 Å². The predicted molar refractivity (Wildman–Crippen MR) is 138 cm³/mol. The van der Waals surface area contributed by atoms with Gasteiger partial charge < -0.3 is 9.47 Å². The second kappa shape index (κ2) is 14.7. The quantitative estimate of drug-likeness (QED) is 0.232. The molecule has 1 aliphatic heterocycles. The maximum absolute atomic E-state index is 13.3. The number of ether oxygens (including phenoxy) is 2. The largest absolute Gasteiger partial charge is 0.492 e. The van der Waals surface area contributed by atoms with Crippen LogP contribution in [-0.4, -0.2) is 62.6 Å². The molecule has 0 saturated carbocycles. The van der Waals surface area contributed by atoms with Gasteiger partial charge in [0.1, 0.15) is 12.4 Å². The van der Waals surface area contributed by atoms with Gasteiger partial charge in [-0.1, -0.05) is 57.6 Å². The summed E-state index contributed by atoms with van der Waals surface area (Å²) < 4.78 is 36.1. The first-order valence-corrected chi connectivity index (χ1v) is 14.8. The molecule has 0 amide bonds. The molecule has 194 valence electrons. The van der Waals surface area contributed by atoms with Crippen molar-refractivity contribution in [3.63, 3.8) is 0 Å². The van der Waals surface area contributed by atoms with Gasteiger partial charge in [-0.3, -0.25) is 9.69 Å². The molecule has 1 atom stereocenters. The molecule has 1 aliphatic rings. The van der Waals surface area contributed by atoms with Crippen LogP contribution in [0.25, 0.3) is 0 Å². The number of hydrogen-bond acceptors (Lipinski definition) is 6. The molecule has 1 unspecified atom stereocenters. The Labute approximate surface area is 207 Å². The molecule has 0 aliphatic carbocycles. The molecular weight excluding hydrogens is 450 g/mol. The van der Waals surface area contributed by atoms with Gasteiger partial charge in [0, 0.05) is 13.0 Å². The molecule has 0 aromatic heterocycles.